The summed E-state index contributed by atoms with van der Waals surface area (Å²) in [5.41, 5.74) is 2.82. The molecule has 3 rings (SSSR count). The summed E-state index contributed by atoms with van der Waals surface area (Å²) in [5.74, 6) is 0.0623. The van der Waals surface area contributed by atoms with Crippen molar-refractivity contribution in [2.24, 2.45) is 0 Å². The lowest BCUT2D eigenvalue weighted by Gasteiger charge is -2.18. The number of furan rings is 1. The zero-order chi connectivity index (χ0) is 16.3. The van der Waals surface area contributed by atoms with E-state index in [1.807, 2.05) is 54.6 Å². The summed E-state index contributed by atoms with van der Waals surface area (Å²) in [7, 11) is -3.09. The third kappa shape index (κ3) is 4.00. The van der Waals surface area contributed by atoms with E-state index >= 15 is 0 Å². The van der Waals surface area contributed by atoms with E-state index < -0.39 is 9.84 Å². The van der Waals surface area contributed by atoms with Gasteiger partial charge in [0.25, 0.3) is 0 Å². The van der Waals surface area contributed by atoms with Crippen LogP contribution in [0, 0.1) is 0 Å². The van der Waals surface area contributed by atoms with E-state index in [4.69, 9.17) is 4.42 Å². The summed E-state index contributed by atoms with van der Waals surface area (Å²) in [6.07, 6.45) is 2.98. The second kappa shape index (κ2) is 6.56. The van der Waals surface area contributed by atoms with E-state index in [9.17, 15) is 8.42 Å². The van der Waals surface area contributed by atoms with Crippen molar-refractivity contribution in [1.29, 1.82) is 0 Å². The van der Waals surface area contributed by atoms with E-state index in [-0.39, 0.29) is 11.8 Å². The summed E-state index contributed by atoms with van der Waals surface area (Å²) in [5, 5.41) is 4.40. The number of hydrogen-bond donors (Lipinski definition) is 1. The number of sulfone groups is 1. The Morgan fingerprint density at radius 1 is 1.04 bits per heavy atom. The molecular weight excluding hydrogens is 310 g/mol. The maximum absolute atomic E-state index is 11.7. The molecule has 0 bridgehead atoms. The van der Waals surface area contributed by atoms with Gasteiger partial charge in [-0.05, 0) is 11.6 Å². The Balaban J connectivity index is 1.81. The van der Waals surface area contributed by atoms with Crippen molar-refractivity contribution in [1.82, 2.24) is 5.32 Å². The number of benzene rings is 2. The van der Waals surface area contributed by atoms with Crippen LogP contribution < -0.4 is 5.32 Å². The van der Waals surface area contributed by atoms with Crippen LogP contribution in [0.4, 0.5) is 0 Å². The predicted octanol–water partition coefficient (Wildman–Crippen LogP) is 3.31. The average Bonchev–Trinajstić information content (AvgIpc) is 2.94. The molecule has 0 spiro atoms. The molecule has 0 aliphatic carbocycles. The molecule has 1 aromatic heterocycles. The average molecular weight is 329 g/mol. The minimum Gasteiger partial charge on any atom is -0.464 e. The minimum absolute atomic E-state index is 0.0623. The molecule has 1 N–H and O–H groups in total. The Kier molecular flexibility index (Phi) is 4.50. The van der Waals surface area contributed by atoms with Crippen molar-refractivity contribution in [3.63, 3.8) is 0 Å². The van der Waals surface area contributed by atoms with Gasteiger partial charge in [0, 0.05) is 29.8 Å². The number of rotatable bonds is 6. The van der Waals surface area contributed by atoms with Gasteiger partial charge in [-0.1, -0.05) is 48.5 Å². The predicted molar refractivity (Wildman–Crippen MR) is 91.9 cm³/mol. The maximum Gasteiger partial charge on any atom is 0.149 e. The standard InChI is InChI=1S/C18H19NO3S/c1-23(20,21)13-17(14-7-3-2-4-8-14)19-11-15-12-22-18-10-6-5-9-16(15)18/h2-10,12,17,19H,11,13H2,1H3. The van der Waals surface area contributed by atoms with Crippen LogP contribution in [0.15, 0.2) is 65.3 Å². The molecule has 5 heteroatoms. The number of nitrogens with one attached hydrogen (secondary N) is 1. The molecule has 23 heavy (non-hydrogen) atoms. The third-order valence-electron chi connectivity index (χ3n) is 3.77. The lowest BCUT2D eigenvalue weighted by molar-refractivity contribution is 0.546. The first-order chi connectivity index (χ1) is 11.0. The number of para-hydroxylation sites is 1. The van der Waals surface area contributed by atoms with Crippen LogP contribution in [-0.2, 0) is 16.4 Å². The van der Waals surface area contributed by atoms with Crippen LogP contribution in [0.3, 0.4) is 0 Å². The zero-order valence-corrected chi connectivity index (χ0v) is 13.7. The molecule has 4 nitrogen and oxygen atoms in total. The molecule has 1 atom stereocenters. The normalized spacial score (nSPS) is 13.3. The van der Waals surface area contributed by atoms with Crippen LogP contribution in [0.5, 0.6) is 0 Å². The quantitative estimate of drug-likeness (QED) is 0.754. The topological polar surface area (TPSA) is 59.3 Å². The summed E-state index contributed by atoms with van der Waals surface area (Å²) in [6.45, 7) is 0.548. The Morgan fingerprint density at radius 3 is 2.48 bits per heavy atom. The summed E-state index contributed by atoms with van der Waals surface area (Å²) in [4.78, 5) is 0. The molecule has 0 aliphatic heterocycles. The first kappa shape index (κ1) is 15.8. The summed E-state index contributed by atoms with van der Waals surface area (Å²) < 4.78 is 29.0. The van der Waals surface area contributed by atoms with Crippen molar-refractivity contribution >= 4 is 20.8 Å². The van der Waals surface area contributed by atoms with Gasteiger partial charge < -0.3 is 9.73 Å². The summed E-state index contributed by atoms with van der Waals surface area (Å²) >= 11 is 0. The molecule has 0 fully saturated rings. The lowest BCUT2D eigenvalue weighted by Crippen LogP contribution is -2.27. The Morgan fingerprint density at radius 2 is 1.74 bits per heavy atom. The van der Waals surface area contributed by atoms with Gasteiger partial charge in [0.05, 0.1) is 12.0 Å². The van der Waals surface area contributed by atoms with E-state index in [1.54, 1.807) is 6.26 Å². The molecule has 0 amide bonds. The molecular formula is C18H19NO3S. The van der Waals surface area contributed by atoms with E-state index in [1.165, 1.54) is 6.26 Å². The largest absolute Gasteiger partial charge is 0.464 e. The fraction of sp³-hybridized carbons (Fsp3) is 0.222. The van der Waals surface area contributed by atoms with Crippen LogP contribution in [0.2, 0.25) is 0 Å². The monoisotopic (exact) mass is 329 g/mol. The zero-order valence-electron chi connectivity index (χ0n) is 12.9. The fourth-order valence-electron chi connectivity index (χ4n) is 2.66. The van der Waals surface area contributed by atoms with Crippen molar-refractivity contribution in [2.45, 2.75) is 12.6 Å². The smallest absolute Gasteiger partial charge is 0.149 e. The van der Waals surface area contributed by atoms with Gasteiger partial charge in [-0.2, -0.15) is 0 Å². The molecule has 2 aromatic carbocycles. The van der Waals surface area contributed by atoms with Gasteiger partial charge in [-0.15, -0.1) is 0 Å². The molecule has 3 aromatic rings. The molecule has 0 radical (unpaired) electrons. The van der Waals surface area contributed by atoms with Gasteiger partial charge in [-0.25, -0.2) is 8.42 Å². The van der Waals surface area contributed by atoms with Crippen LogP contribution >= 0.6 is 0 Å². The van der Waals surface area contributed by atoms with E-state index in [0.717, 1.165) is 22.1 Å². The lowest BCUT2D eigenvalue weighted by atomic mass is 10.1. The summed E-state index contributed by atoms with van der Waals surface area (Å²) in [6, 6.07) is 17.2. The minimum atomic E-state index is -3.09. The fourth-order valence-corrected chi connectivity index (χ4v) is 3.58. The second-order valence-electron chi connectivity index (χ2n) is 5.69. The van der Waals surface area contributed by atoms with Gasteiger partial charge >= 0.3 is 0 Å². The van der Waals surface area contributed by atoms with Gasteiger partial charge in [-0.3, -0.25) is 0 Å². The number of fused-ring (bicyclic) bond motifs is 1. The molecule has 120 valence electrons. The van der Waals surface area contributed by atoms with Crippen LogP contribution in [0.1, 0.15) is 17.2 Å². The van der Waals surface area contributed by atoms with Crippen molar-refractivity contribution < 1.29 is 12.8 Å². The molecule has 1 heterocycles. The van der Waals surface area contributed by atoms with Crippen molar-refractivity contribution in [2.75, 3.05) is 12.0 Å². The second-order valence-corrected chi connectivity index (χ2v) is 7.88. The van der Waals surface area contributed by atoms with E-state index in [0.29, 0.717) is 6.54 Å². The Hall–Kier alpha value is -2.11. The highest BCUT2D eigenvalue weighted by Crippen LogP contribution is 2.22. The van der Waals surface area contributed by atoms with Gasteiger partial charge in [0.2, 0.25) is 0 Å². The van der Waals surface area contributed by atoms with Crippen molar-refractivity contribution in [3.05, 3.63) is 72.0 Å². The van der Waals surface area contributed by atoms with Gasteiger partial charge in [0.15, 0.2) is 0 Å². The Labute approximate surface area is 136 Å². The first-order valence-electron chi connectivity index (χ1n) is 7.44. The van der Waals surface area contributed by atoms with Gasteiger partial charge in [0.1, 0.15) is 15.4 Å². The Bertz CT molecular complexity index is 885. The molecule has 0 saturated carbocycles. The SMILES string of the molecule is CS(=O)(=O)CC(NCc1coc2ccccc12)c1ccccc1. The highest BCUT2D eigenvalue weighted by Gasteiger charge is 2.17. The van der Waals surface area contributed by atoms with Crippen LogP contribution in [-0.4, -0.2) is 20.4 Å². The number of hydrogen-bond acceptors (Lipinski definition) is 4. The molecule has 0 aliphatic rings. The maximum atomic E-state index is 11.7. The first-order valence-corrected chi connectivity index (χ1v) is 9.50. The molecule has 1 unspecified atom stereocenters. The van der Waals surface area contributed by atoms with Crippen LogP contribution in [0.25, 0.3) is 11.0 Å². The van der Waals surface area contributed by atoms with Crippen molar-refractivity contribution in [3.8, 4) is 0 Å². The molecule has 0 saturated heterocycles. The highest BCUT2D eigenvalue weighted by molar-refractivity contribution is 7.90. The van der Waals surface area contributed by atoms with E-state index in [2.05, 4.69) is 5.32 Å². The highest BCUT2D eigenvalue weighted by atomic mass is 32.2. The third-order valence-corrected chi connectivity index (χ3v) is 4.71.